The minimum atomic E-state index is -2.81. The third kappa shape index (κ3) is 3.32. The number of halogens is 1. The summed E-state index contributed by atoms with van der Waals surface area (Å²) in [5.41, 5.74) is -0.400. The number of hydrogen-bond donors (Lipinski definition) is 1. The van der Waals surface area contributed by atoms with Gasteiger partial charge in [-0.2, -0.15) is 0 Å². The van der Waals surface area contributed by atoms with E-state index >= 15 is 0 Å². The van der Waals surface area contributed by atoms with Gasteiger partial charge in [-0.05, 0) is 6.07 Å². The molecule has 6 nitrogen and oxygen atoms in total. The largest absolute Gasteiger partial charge is 0.695 e. The lowest BCUT2D eigenvalue weighted by Gasteiger charge is -1.97. The number of nitro groups is 1. The van der Waals surface area contributed by atoms with Crippen LogP contribution in [0.3, 0.4) is 0 Å². The fraction of sp³-hybridized carbons (Fsp3) is 0.143. The molecule has 0 heterocycles. The zero-order valence-electron chi connectivity index (χ0n) is 7.29. The Kier molecular flexibility index (Phi) is 3.79. The maximum Gasteiger partial charge on any atom is 0.695 e. The van der Waals surface area contributed by atoms with E-state index in [0.29, 0.717) is 0 Å². The van der Waals surface area contributed by atoms with Crippen LogP contribution in [-0.4, -0.2) is 9.82 Å². The smallest absolute Gasteiger partial charge is 0.258 e. The summed E-state index contributed by atoms with van der Waals surface area (Å²) in [4.78, 5) is 17.8. The molecule has 0 aliphatic heterocycles. The van der Waals surface area contributed by atoms with Crippen molar-refractivity contribution < 1.29 is 23.3 Å². The predicted molar refractivity (Wildman–Crippen MR) is 47.7 cm³/mol. The highest BCUT2D eigenvalue weighted by Gasteiger charge is 2.16. The van der Waals surface area contributed by atoms with Gasteiger partial charge in [0.1, 0.15) is 12.4 Å². The Morgan fingerprint density at radius 2 is 2.27 bits per heavy atom. The summed E-state index contributed by atoms with van der Waals surface area (Å²) in [5.74, 6) is -0.846. The Hall–Kier alpha value is -1.43. The standard InChI is InChI=1S/C7H5FNO5P/c8-7-3-6(9(10)11)2-1-5(7)4-14-15(12)13/h1-3H,4H2/p+1. The van der Waals surface area contributed by atoms with Crippen LogP contribution in [0.15, 0.2) is 18.2 Å². The Morgan fingerprint density at radius 3 is 2.73 bits per heavy atom. The van der Waals surface area contributed by atoms with Crippen molar-refractivity contribution in [2.75, 3.05) is 0 Å². The molecule has 1 unspecified atom stereocenters. The van der Waals surface area contributed by atoms with Gasteiger partial charge in [0.15, 0.2) is 0 Å². The first-order valence-electron chi connectivity index (χ1n) is 3.72. The van der Waals surface area contributed by atoms with Crippen LogP contribution in [0, 0.1) is 15.9 Å². The van der Waals surface area contributed by atoms with Crippen LogP contribution < -0.4 is 0 Å². The van der Waals surface area contributed by atoms with Gasteiger partial charge in [-0.3, -0.25) is 10.1 Å². The highest BCUT2D eigenvalue weighted by atomic mass is 31.1. The maximum atomic E-state index is 13.1. The van der Waals surface area contributed by atoms with Crippen LogP contribution >= 0.6 is 8.25 Å². The van der Waals surface area contributed by atoms with Crippen molar-refractivity contribution in [2.24, 2.45) is 0 Å². The van der Waals surface area contributed by atoms with Gasteiger partial charge in [0, 0.05) is 16.2 Å². The van der Waals surface area contributed by atoms with E-state index in [-0.39, 0.29) is 11.3 Å². The van der Waals surface area contributed by atoms with E-state index in [1.54, 1.807) is 0 Å². The Labute approximate surface area is 84.4 Å². The Bertz CT molecular complexity index is 410. The first kappa shape index (κ1) is 11.6. The molecule has 1 aromatic carbocycles. The van der Waals surface area contributed by atoms with E-state index in [4.69, 9.17) is 4.89 Å². The summed E-state index contributed by atoms with van der Waals surface area (Å²) in [7, 11) is -2.81. The second-order valence-electron chi connectivity index (χ2n) is 2.54. The van der Waals surface area contributed by atoms with Gasteiger partial charge in [0.05, 0.1) is 11.0 Å². The molecule has 1 rings (SSSR count). The second kappa shape index (κ2) is 4.88. The SMILES string of the molecule is O=[N+]([O-])c1ccc(CO[P+](=O)O)c(F)c1. The predicted octanol–water partition coefficient (Wildman–Crippen LogP) is 1.90. The molecule has 1 aromatic rings. The molecule has 80 valence electrons. The third-order valence-corrected chi connectivity index (χ3v) is 1.93. The van der Waals surface area contributed by atoms with Gasteiger partial charge in [0.2, 0.25) is 0 Å². The van der Waals surface area contributed by atoms with Crippen LogP contribution in [0.1, 0.15) is 5.56 Å². The number of rotatable bonds is 4. The van der Waals surface area contributed by atoms with Crippen molar-refractivity contribution in [3.8, 4) is 0 Å². The lowest BCUT2D eigenvalue weighted by Crippen LogP contribution is -1.94. The molecule has 0 saturated carbocycles. The van der Waals surface area contributed by atoms with Gasteiger partial charge in [-0.25, -0.2) is 4.39 Å². The van der Waals surface area contributed by atoms with E-state index in [1.165, 1.54) is 0 Å². The molecule has 8 heteroatoms. The summed E-state index contributed by atoms with van der Waals surface area (Å²) in [6.45, 7) is -0.407. The molecule has 0 aromatic heterocycles. The van der Waals surface area contributed by atoms with Crippen LogP contribution in [0.2, 0.25) is 0 Å². The molecule has 0 bridgehead atoms. The molecule has 0 aliphatic rings. The van der Waals surface area contributed by atoms with Crippen LogP contribution in [-0.2, 0) is 15.7 Å². The van der Waals surface area contributed by atoms with Crippen molar-refractivity contribution in [3.63, 3.8) is 0 Å². The summed E-state index contributed by atoms with van der Waals surface area (Å²) in [5, 5.41) is 10.3. The van der Waals surface area contributed by atoms with Gasteiger partial charge in [-0.1, -0.05) is 0 Å². The molecule has 1 N–H and O–H groups in total. The molecule has 15 heavy (non-hydrogen) atoms. The molecule has 1 atom stereocenters. The van der Waals surface area contributed by atoms with E-state index in [9.17, 15) is 19.1 Å². The summed E-state index contributed by atoms with van der Waals surface area (Å²) >= 11 is 0. The highest BCUT2D eigenvalue weighted by Crippen LogP contribution is 2.22. The average molecular weight is 234 g/mol. The Balaban J connectivity index is 2.83. The molecule has 0 spiro atoms. The van der Waals surface area contributed by atoms with Gasteiger partial charge >= 0.3 is 8.25 Å². The first-order valence-corrected chi connectivity index (χ1v) is 4.85. The van der Waals surface area contributed by atoms with Crippen molar-refractivity contribution in [2.45, 2.75) is 6.61 Å². The number of nitrogens with zero attached hydrogens (tertiary/aromatic N) is 1. The summed E-state index contributed by atoms with van der Waals surface area (Å²) in [6, 6.07) is 2.95. The van der Waals surface area contributed by atoms with Crippen LogP contribution in [0.4, 0.5) is 10.1 Å². The zero-order valence-corrected chi connectivity index (χ0v) is 8.19. The number of benzene rings is 1. The molecule has 0 fully saturated rings. The summed E-state index contributed by atoms with van der Waals surface area (Å²) in [6.07, 6.45) is 0. The van der Waals surface area contributed by atoms with Crippen molar-refractivity contribution in [3.05, 3.63) is 39.7 Å². The fourth-order valence-corrected chi connectivity index (χ4v) is 1.14. The molecule has 0 aliphatic carbocycles. The Morgan fingerprint density at radius 1 is 1.60 bits per heavy atom. The quantitative estimate of drug-likeness (QED) is 0.488. The molecular weight excluding hydrogens is 228 g/mol. The van der Waals surface area contributed by atoms with E-state index in [1.807, 2.05) is 0 Å². The lowest BCUT2D eigenvalue weighted by atomic mass is 10.2. The third-order valence-electron chi connectivity index (χ3n) is 1.58. The van der Waals surface area contributed by atoms with Gasteiger partial charge in [0.25, 0.3) is 5.69 Å². The molecule has 0 radical (unpaired) electrons. The maximum absolute atomic E-state index is 13.1. The van der Waals surface area contributed by atoms with E-state index in [0.717, 1.165) is 18.2 Å². The monoisotopic (exact) mass is 234 g/mol. The van der Waals surface area contributed by atoms with Crippen molar-refractivity contribution >= 4 is 13.9 Å². The highest BCUT2D eigenvalue weighted by molar-refractivity contribution is 7.32. The van der Waals surface area contributed by atoms with E-state index in [2.05, 4.69) is 4.52 Å². The topological polar surface area (TPSA) is 89.7 Å². The average Bonchev–Trinajstić information content (AvgIpc) is 2.15. The molecular formula is C7H6FNO5P+. The van der Waals surface area contributed by atoms with Crippen LogP contribution in [0.5, 0.6) is 0 Å². The van der Waals surface area contributed by atoms with Crippen molar-refractivity contribution in [1.29, 1.82) is 0 Å². The summed E-state index contributed by atoms with van der Waals surface area (Å²) < 4.78 is 27.5. The molecule has 0 saturated heterocycles. The zero-order chi connectivity index (χ0) is 11.4. The first-order chi connectivity index (χ1) is 7.00. The van der Waals surface area contributed by atoms with Crippen molar-refractivity contribution in [1.82, 2.24) is 0 Å². The fourth-order valence-electron chi connectivity index (χ4n) is 0.892. The second-order valence-corrected chi connectivity index (χ2v) is 3.28. The van der Waals surface area contributed by atoms with Gasteiger partial charge < -0.3 is 0 Å². The number of non-ortho nitro benzene ring substituents is 1. The number of hydrogen-bond acceptors (Lipinski definition) is 4. The van der Waals surface area contributed by atoms with Crippen LogP contribution in [0.25, 0.3) is 0 Å². The van der Waals surface area contributed by atoms with E-state index < -0.39 is 25.6 Å². The van der Waals surface area contributed by atoms with Gasteiger partial charge in [-0.15, -0.1) is 9.42 Å². The minimum absolute atomic E-state index is 0.0157. The lowest BCUT2D eigenvalue weighted by molar-refractivity contribution is -0.385. The minimum Gasteiger partial charge on any atom is -0.258 e. The normalized spacial score (nSPS) is 11.2. The molecule has 0 amide bonds. The number of nitro benzene ring substituents is 1.